The molecule has 1 aliphatic rings. The Bertz CT molecular complexity index is 941. The first-order chi connectivity index (χ1) is 13.8. The van der Waals surface area contributed by atoms with Crippen LogP contribution in [0.3, 0.4) is 0 Å². The minimum absolute atomic E-state index is 0.0759. The number of allylic oxidation sites excluding steroid dienone is 4. The van der Waals surface area contributed by atoms with Crippen LogP contribution in [0.2, 0.25) is 0 Å². The van der Waals surface area contributed by atoms with Gasteiger partial charge in [-0.3, -0.25) is 0 Å². The van der Waals surface area contributed by atoms with Crippen molar-refractivity contribution in [3.63, 3.8) is 0 Å². The lowest BCUT2D eigenvalue weighted by Crippen LogP contribution is -1.94. The molecule has 0 spiro atoms. The second-order valence-electron chi connectivity index (χ2n) is 7.38. The largest absolute Gasteiger partial charge is 0.507 e. The molecule has 0 radical (unpaired) electrons. The monoisotopic (exact) mass is 366 g/mol. The van der Waals surface area contributed by atoms with Gasteiger partial charge in [0.2, 0.25) is 0 Å². The lowest BCUT2D eigenvalue weighted by molar-refractivity contribution is 0.460. The molecule has 3 aromatic carbocycles. The molecule has 1 heteroatoms. The zero-order valence-corrected chi connectivity index (χ0v) is 16.3. The molecule has 140 valence electrons. The highest BCUT2D eigenvalue weighted by molar-refractivity contribution is 6.08. The SMILES string of the molecule is CCCCc1cccc(C2C=C(c3ccccc3)C(c3ccccc3)=C2)c1O. The summed E-state index contributed by atoms with van der Waals surface area (Å²) in [7, 11) is 0. The number of unbranched alkanes of at least 4 members (excludes halogenated alkanes) is 1. The second kappa shape index (κ2) is 8.31. The highest BCUT2D eigenvalue weighted by Crippen LogP contribution is 2.44. The molecule has 0 amide bonds. The molecule has 0 heterocycles. The average molecular weight is 367 g/mol. The van der Waals surface area contributed by atoms with Crippen molar-refractivity contribution in [1.82, 2.24) is 0 Å². The van der Waals surface area contributed by atoms with Crippen LogP contribution in [0.4, 0.5) is 0 Å². The number of hydrogen-bond acceptors (Lipinski definition) is 1. The van der Waals surface area contributed by atoms with Gasteiger partial charge in [0.05, 0.1) is 0 Å². The molecule has 1 aliphatic carbocycles. The van der Waals surface area contributed by atoms with Gasteiger partial charge in [0.15, 0.2) is 0 Å². The molecular weight excluding hydrogens is 340 g/mol. The van der Waals surface area contributed by atoms with Gasteiger partial charge in [0.1, 0.15) is 5.75 Å². The summed E-state index contributed by atoms with van der Waals surface area (Å²) >= 11 is 0. The molecule has 0 saturated carbocycles. The molecule has 0 atom stereocenters. The summed E-state index contributed by atoms with van der Waals surface area (Å²) in [5.41, 5.74) is 6.93. The third-order valence-electron chi connectivity index (χ3n) is 5.46. The quantitative estimate of drug-likeness (QED) is 0.498. The van der Waals surface area contributed by atoms with Crippen LogP contribution in [-0.4, -0.2) is 5.11 Å². The summed E-state index contributed by atoms with van der Waals surface area (Å²) in [6.45, 7) is 2.18. The van der Waals surface area contributed by atoms with E-state index in [0.717, 1.165) is 30.4 Å². The Hall–Kier alpha value is -3.06. The molecule has 1 N–H and O–H groups in total. The van der Waals surface area contributed by atoms with Crippen LogP contribution >= 0.6 is 0 Å². The van der Waals surface area contributed by atoms with Crippen LogP contribution in [0.15, 0.2) is 91.0 Å². The van der Waals surface area contributed by atoms with Crippen LogP contribution in [0.25, 0.3) is 11.1 Å². The van der Waals surface area contributed by atoms with Crippen molar-refractivity contribution in [2.75, 3.05) is 0 Å². The zero-order valence-electron chi connectivity index (χ0n) is 16.3. The predicted molar refractivity (Wildman–Crippen MR) is 118 cm³/mol. The first-order valence-electron chi connectivity index (χ1n) is 10.1. The number of phenols is 1. The van der Waals surface area contributed by atoms with Crippen molar-refractivity contribution in [3.05, 3.63) is 113 Å². The molecule has 0 fully saturated rings. The number of phenolic OH excluding ortho intramolecular Hbond substituents is 1. The van der Waals surface area contributed by atoms with Crippen LogP contribution < -0.4 is 0 Å². The Morgan fingerprint density at radius 2 is 1.29 bits per heavy atom. The van der Waals surface area contributed by atoms with E-state index in [-0.39, 0.29) is 5.92 Å². The van der Waals surface area contributed by atoms with E-state index in [1.165, 1.54) is 22.3 Å². The minimum atomic E-state index is 0.0759. The van der Waals surface area contributed by atoms with Crippen molar-refractivity contribution < 1.29 is 5.11 Å². The van der Waals surface area contributed by atoms with Gasteiger partial charge in [-0.2, -0.15) is 0 Å². The number of aromatic hydroxyl groups is 1. The summed E-state index contributed by atoms with van der Waals surface area (Å²) in [6, 6.07) is 27.2. The van der Waals surface area contributed by atoms with E-state index in [1.54, 1.807) is 0 Å². The van der Waals surface area contributed by atoms with Gasteiger partial charge in [0.25, 0.3) is 0 Å². The van der Waals surface area contributed by atoms with E-state index < -0.39 is 0 Å². The fourth-order valence-electron chi connectivity index (χ4n) is 3.95. The van der Waals surface area contributed by atoms with Crippen LogP contribution in [0.5, 0.6) is 5.75 Å². The molecule has 3 aromatic rings. The topological polar surface area (TPSA) is 20.2 Å². The maximum atomic E-state index is 10.9. The molecule has 4 rings (SSSR count). The highest BCUT2D eigenvalue weighted by atomic mass is 16.3. The molecule has 0 aliphatic heterocycles. The van der Waals surface area contributed by atoms with E-state index in [2.05, 4.69) is 79.7 Å². The number of aryl methyl sites for hydroxylation is 1. The number of benzene rings is 3. The smallest absolute Gasteiger partial charge is 0.122 e. The summed E-state index contributed by atoms with van der Waals surface area (Å²) in [6.07, 6.45) is 7.72. The maximum absolute atomic E-state index is 10.9. The fourth-order valence-corrected chi connectivity index (χ4v) is 3.95. The summed E-state index contributed by atoms with van der Waals surface area (Å²) in [5.74, 6) is 0.530. The van der Waals surface area contributed by atoms with Crippen molar-refractivity contribution >= 4 is 11.1 Å². The van der Waals surface area contributed by atoms with Gasteiger partial charge in [-0.05, 0) is 40.7 Å². The third-order valence-corrected chi connectivity index (χ3v) is 5.46. The molecule has 0 unspecified atom stereocenters. The van der Waals surface area contributed by atoms with E-state index in [0.29, 0.717) is 5.75 Å². The van der Waals surface area contributed by atoms with Crippen LogP contribution in [0.1, 0.15) is 47.9 Å². The molecule has 1 nitrogen and oxygen atoms in total. The Balaban J connectivity index is 1.78. The van der Waals surface area contributed by atoms with Crippen molar-refractivity contribution in [2.45, 2.75) is 32.1 Å². The molecule has 28 heavy (non-hydrogen) atoms. The number of rotatable bonds is 6. The first-order valence-corrected chi connectivity index (χ1v) is 10.1. The summed E-state index contributed by atoms with van der Waals surface area (Å²) in [5, 5.41) is 10.9. The number of para-hydroxylation sites is 1. The van der Waals surface area contributed by atoms with Gasteiger partial charge in [-0.25, -0.2) is 0 Å². The zero-order chi connectivity index (χ0) is 19.3. The maximum Gasteiger partial charge on any atom is 0.122 e. The van der Waals surface area contributed by atoms with Crippen LogP contribution in [-0.2, 0) is 6.42 Å². The first kappa shape index (κ1) is 18.3. The Morgan fingerprint density at radius 3 is 1.82 bits per heavy atom. The van der Waals surface area contributed by atoms with Gasteiger partial charge < -0.3 is 5.11 Å². The normalized spacial score (nSPS) is 14.0. The van der Waals surface area contributed by atoms with Gasteiger partial charge in [-0.1, -0.05) is 104 Å². The molecular formula is C27H26O. The lowest BCUT2D eigenvalue weighted by atomic mass is 9.95. The fraction of sp³-hybridized carbons (Fsp3) is 0.185. The third kappa shape index (κ3) is 3.66. The lowest BCUT2D eigenvalue weighted by Gasteiger charge is -2.12. The van der Waals surface area contributed by atoms with Gasteiger partial charge >= 0.3 is 0 Å². The van der Waals surface area contributed by atoms with E-state index in [4.69, 9.17) is 0 Å². The van der Waals surface area contributed by atoms with Crippen molar-refractivity contribution in [3.8, 4) is 5.75 Å². The van der Waals surface area contributed by atoms with Gasteiger partial charge in [-0.15, -0.1) is 0 Å². The van der Waals surface area contributed by atoms with Crippen molar-refractivity contribution in [2.24, 2.45) is 0 Å². The molecule has 0 saturated heterocycles. The molecule has 0 bridgehead atoms. The molecule has 0 aromatic heterocycles. The summed E-state index contributed by atoms with van der Waals surface area (Å²) in [4.78, 5) is 0. The van der Waals surface area contributed by atoms with Gasteiger partial charge in [0, 0.05) is 11.5 Å². The van der Waals surface area contributed by atoms with Crippen LogP contribution in [0, 0.1) is 0 Å². The Labute approximate surface area is 167 Å². The van der Waals surface area contributed by atoms with E-state index >= 15 is 0 Å². The average Bonchev–Trinajstić information content (AvgIpc) is 3.19. The van der Waals surface area contributed by atoms with E-state index in [1.807, 2.05) is 18.2 Å². The predicted octanol–water partition coefficient (Wildman–Crippen LogP) is 7.00. The Kier molecular flexibility index (Phi) is 5.43. The highest BCUT2D eigenvalue weighted by Gasteiger charge is 2.23. The number of hydrogen-bond donors (Lipinski definition) is 1. The van der Waals surface area contributed by atoms with E-state index in [9.17, 15) is 5.11 Å². The van der Waals surface area contributed by atoms with Crippen molar-refractivity contribution in [1.29, 1.82) is 0 Å². The second-order valence-corrected chi connectivity index (χ2v) is 7.38. The standard InChI is InChI=1S/C27H26O/c1-2-3-11-22-16-10-17-24(27(22)28)23-18-25(20-12-6-4-7-13-20)26(19-23)21-14-8-5-9-15-21/h4-10,12-19,23,28H,2-3,11H2,1H3. The Morgan fingerprint density at radius 1 is 0.714 bits per heavy atom. The summed E-state index contributed by atoms with van der Waals surface area (Å²) < 4.78 is 0. The minimum Gasteiger partial charge on any atom is -0.507 e.